The maximum Gasteiger partial charge on any atom is 0.265 e. The number of aryl methyl sites for hydroxylation is 1. The van der Waals surface area contributed by atoms with Gasteiger partial charge in [-0.2, -0.15) is 4.98 Å². The van der Waals surface area contributed by atoms with Crippen molar-refractivity contribution < 1.29 is 4.52 Å². The van der Waals surface area contributed by atoms with Gasteiger partial charge in [0.25, 0.3) is 5.95 Å². The average Bonchev–Trinajstić information content (AvgIpc) is 3.17. The van der Waals surface area contributed by atoms with Crippen LogP contribution in [-0.2, 0) is 13.6 Å². The number of nitrogens with zero attached hydrogens (tertiary/aromatic N) is 7. The molecule has 0 aromatic carbocycles. The molecule has 1 aliphatic heterocycles. The van der Waals surface area contributed by atoms with E-state index in [1.807, 2.05) is 31.5 Å². The molecule has 0 amide bonds. The van der Waals surface area contributed by atoms with Gasteiger partial charge >= 0.3 is 0 Å². The number of hydrogen-bond acceptors (Lipinski definition) is 7. The molecule has 0 unspecified atom stereocenters. The summed E-state index contributed by atoms with van der Waals surface area (Å²) < 4.78 is 7.50. The van der Waals surface area contributed by atoms with Gasteiger partial charge in [0.05, 0.1) is 24.6 Å². The second-order valence-electron chi connectivity index (χ2n) is 7.34. The Morgan fingerprint density at radius 2 is 2.08 bits per heavy atom. The second-order valence-corrected chi connectivity index (χ2v) is 7.34. The summed E-state index contributed by atoms with van der Waals surface area (Å²) in [6.45, 7) is 2.78. The topological polar surface area (TPSA) is 66.5 Å². The van der Waals surface area contributed by atoms with Crippen LogP contribution in [0.5, 0.6) is 0 Å². The highest BCUT2D eigenvalue weighted by Gasteiger charge is 2.33. The largest absolute Gasteiger partial charge is 0.344 e. The normalized spacial score (nSPS) is 21.8. The van der Waals surface area contributed by atoms with E-state index >= 15 is 0 Å². The van der Waals surface area contributed by atoms with Crippen molar-refractivity contribution in [2.24, 2.45) is 13.0 Å². The van der Waals surface area contributed by atoms with Crippen LogP contribution in [-0.4, -0.2) is 70.8 Å². The number of hydrogen-bond donors (Lipinski definition) is 0. The fraction of sp³-hybridized carbons (Fsp3) is 0.706. The Morgan fingerprint density at radius 3 is 2.72 bits per heavy atom. The van der Waals surface area contributed by atoms with Gasteiger partial charge in [0, 0.05) is 33.9 Å². The van der Waals surface area contributed by atoms with Crippen LogP contribution in [0.1, 0.15) is 30.5 Å². The molecule has 0 saturated carbocycles. The van der Waals surface area contributed by atoms with Crippen molar-refractivity contribution in [3.8, 4) is 0 Å². The molecule has 25 heavy (non-hydrogen) atoms. The highest BCUT2D eigenvalue weighted by atomic mass is 16.5. The maximum absolute atomic E-state index is 5.36. The van der Waals surface area contributed by atoms with Crippen LogP contribution in [0.4, 0.5) is 5.95 Å². The second kappa shape index (κ2) is 7.53. The van der Waals surface area contributed by atoms with Gasteiger partial charge in [-0.1, -0.05) is 0 Å². The van der Waals surface area contributed by atoms with Crippen molar-refractivity contribution in [2.45, 2.75) is 25.4 Å². The molecule has 2 atom stereocenters. The lowest BCUT2D eigenvalue weighted by molar-refractivity contribution is 0.0851. The summed E-state index contributed by atoms with van der Waals surface area (Å²) in [5.74, 6) is 1.83. The molecule has 3 rings (SSSR count). The number of likely N-dealkylation sites (tertiary alicyclic amines) is 1. The zero-order chi connectivity index (χ0) is 18.0. The Hall–Kier alpha value is -1.93. The van der Waals surface area contributed by atoms with Gasteiger partial charge in [-0.3, -0.25) is 9.80 Å². The SMILES string of the molecule is CN(Cc1nc(N(C)C)no1)C[C@@H]1CCCN(C)[C@H]1c1cncn1C. The van der Waals surface area contributed by atoms with Crippen molar-refractivity contribution in [2.75, 3.05) is 46.2 Å². The van der Waals surface area contributed by atoms with E-state index in [2.05, 4.69) is 50.6 Å². The van der Waals surface area contributed by atoms with Crippen molar-refractivity contribution >= 4 is 5.95 Å². The zero-order valence-corrected chi connectivity index (χ0v) is 15.9. The Kier molecular flexibility index (Phi) is 5.39. The first-order valence-electron chi connectivity index (χ1n) is 8.80. The number of imidazole rings is 1. The molecule has 8 heteroatoms. The van der Waals surface area contributed by atoms with E-state index < -0.39 is 0 Å². The molecular weight excluding hydrogens is 318 g/mol. The minimum Gasteiger partial charge on any atom is -0.344 e. The predicted octanol–water partition coefficient (Wildman–Crippen LogP) is 1.38. The Bertz CT molecular complexity index is 680. The fourth-order valence-corrected chi connectivity index (χ4v) is 3.76. The molecule has 138 valence electrons. The fourth-order valence-electron chi connectivity index (χ4n) is 3.76. The van der Waals surface area contributed by atoms with Gasteiger partial charge in [0.15, 0.2) is 0 Å². The third kappa shape index (κ3) is 4.01. The predicted molar refractivity (Wildman–Crippen MR) is 96.3 cm³/mol. The van der Waals surface area contributed by atoms with Gasteiger partial charge in [-0.05, 0) is 44.6 Å². The zero-order valence-electron chi connectivity index (χ0n) is 15.9. The maximum atomic E-state index is 5.36. The van der Waals surface area contributed by atoms with E-state index in [0.717, 1.165) is 13.1 Å². The molecule has 1 fully saturated rings. The monoisotopic (exact) mass is 347 g/mol. The molecule has 0 bridgehead atoms. The molecule has 0 radical (unpaired) electrons. The molecule has 1 saturated heterocycles. The van der Waals surface area contributed by atoms with Crippen LogP contribution in [0.25, 0.3) is 0 Å². The van der Waals surface area contributed by atoms with Crippen molar-refractivity contribution in [3.63, 3.8) is 0 Å². The van der Waals surface area contributed by atoms with E-state index in [-0.39, 0.29) is 0 Å². The minimum absolute atomic E-state index is 0.392. The summed E-state index contributed by atoms with van der Waals surface area (Å²) in [6.07, 6.45) is 6.34. The summed E-state index contributed by atoms with van der Waals surface area (Å²) >= 11 is 0. The molecule has 0 spiro atoms. The van der Waals surface area contributed by atoms with E-state index in [1.54, 1.807) is 0 Å². The average molecular weight is 347 g/mol. The van der Waals surface area contributed by atoms with E-state index in [4.69, 9.17) is 4.52 Å². The highest BCUT2D eigenvalue weighted by Crippen LogP contribution is 2.35. The molecule has 0 aliphatic carbocycles. The van der Waals surface area contributed by atoms with E-state index in [9.17, 15) is 0 Å². The molecular formula is C17H29N7O. The van der Waals surface area contributed by atoms with Crippen molar-refractivity contribution in [1.82, 2.24) is 29.5 Å². The third-order valence-electron chi connectivity index (χ3n) is 4.97. The van der Waals surface area contributed by atoms with Crippen molar-refractivity contribution in [3.05, 3.63) is 24.1 Å². The first-order valence-corrected chi connectivity index (χ1v) is 8.80. The van der Waals surface area contributed by atoms with Crippen LogP contribution < -0.4 is 4.90 Å². The lowest BCUT2D eigenvalue weighted by Crippen LogP contribution is -2.41. The molecule has 0 N–H and O–H groups in total. The Morgan fingerprint density at radius 1 is 1.28 bits per heavy atom. The molecule has 8 nitrogen and oxygen atoms in total. The Balaban J connectivity index is 1.67. The third-order valence-corrected chi connectivity index (χ3v) is 4.97. The number of piperidine rings is 1. The lowest BCUT2D eigenvalue weighted by Gasteiger charge is -2.40. The van der Waals surface area contributed by atoms with E-state index in [0.29, 0.717) is 30.3 Å². The van der Waals surface area contributed by atoms with Gasteiger partial charge in [-0.15, -0.1) is 0 Å². The van der Waals surface area contributed by atoms with Gasteiger partial charge in [0.1, 0.15) is 0 Å². The standard InChI is InChI=1S/C17H29N7O/c1-21(2)17-19-15(25-20-17)11-22(3)10-13-7-6-8-23(4)16(13)14-9-18-12-24(14)5/h9,12-13,16H,6-8,10-11H2,1-5H3/t13-,16+/m0/s1. The minimum atomic E-state index is 0.392. The lowest BCUT2D eigenvalue weighted by atomic mass is 9.87. The number of rotatable bonds is 6. The van der Waals surface area contributed by atoms with Crippen LogP contribution in [0.2, 0.25) is 0 Å². The summed E-state index contributed by atoms with van der Waals surface area (Å²) in [7, 11) is 10.2. The van der Waals surface area contributed by atoms with Crippen LogP contribution in [0, 0.1) is 5.92 Å². The summed E-state index contributed by atoms with van der Waals surface area (Å²) in [4.78, 5) is 15.3. The first-order chi connectivity index (χ1) is 12.0. The summed E-state index contributed by atoms with van der Waals surface area (Å²) in [5.41, 5.74) is 1.29. The summed E-state index contributed by atoms with van der Waals surface area (Å²) in [6, 6.07) is 0.392. The van der Waals surface area contributed by atoms with Gasteiger partial charge in [0.2, 0.25) is 5.89 Å². The van der Waals surface area contributed by atoms with Crippen LogP contribution in [0.3, 0.4) is 0 Å². The Labute approximate surface area is 149 Å². The van der Waals surface area contributed by atoms with Crippen LogP contribution in [0.15, 0.2) is 17.0 Å². The first kappa shape index (κ1) is 17.9. The number of anilines is 1. The van der Waals surface area contributed by atoms with Crippen molar-refractivity contribution in [1.29, 1.82) is 0 Å². The highest BCUT2D eigenvalue weighted by molar-refractivity contribution is 5.23. The number of aromatic nitrogens is 4. The molecule has 1 aliphatic rings. The smallest absolute Gasteiger partial charge is 0.265 e. The van der Waals surface area contributed by atoms with Crippen LogP contribution >= 0.6 is 0 Å². The van der Waals surface area contributed by atoms with Gasteiger partial charge < -0.3 is 14.0 Å². The molecule has 3 heterocycles. The molecule has 2 aromatic heterocycles. The van der Waals surface area contributed by atoms with Gasteiger partial charge in [-0.25, -0.2) is 4.98 Å². The quantitative estimate of drug-likeness (QED) is 0.782. The van der Waals surface area contributed by atoms with E-state index in [1.165, 1.54) is 18.5 Å². The molecule has 2 aromatic rings. The summed E-state index contributed by atoms with van der Waals surface area (Å²) in [5, 5.41) is 3.99.